The van der Waals surface area contributed by atoms with E-state index in [4.69, 9.17) is 5.73 Å². The Morgan fingerprint density at radius 3 is 2.57 bits per heavy atom. The van der Waals surface area contributed by atoms with Gasteiger partial charge in [-0.3, -0.25) is 4.79 Å². The summed E-state index contributed by atoms with van der Waals surface area (Å²) < 4.78 is 0.840. The summed E-state index contributed by atoms with van der Waals surface area (Å²) in [5, 5.41) is 0. The zero-order chi connectivity index (χ0) is 10.9. The number of rotatable bonds is 2. The molecule has 0 aliphatic heterocycles. The van der Waals surface area contributed by atoms with Gasteiger partial charge in [0, 0.05) is 4.47 Å². The summed E-state index contributed by atoms with van der Waals surface area (Å²) in [5.41, 5.74) is 7.03. The topological polar surface area (TPSA) is 56.0 Å². The van der Waals surface area contributed by atoms with Crippen LogP contribution in [-0.2, 0) is 0 Å². The fraction of sp³-hybridized carbons (Fsp3) is 0.400. The number of carbonyl (C=O) groups is 1. The lowest BCUT2D eigenvalue weighted by Gasteiger charge is -2.10. The monoisotopic (exact) mass is 256 g/mol. The van der Waals surface area contributed by atoms with Gasteiger partial charge in [-0.15, -0.1) is 0 Å². The number of pyridine rings is 1. The lowest BCUT2D eigenvalue weighted by molar-refractivity contribution is 0.101. The smallest absolute Gasteiger partial charge is 0.163 e. The lowest BCUT2D eigenvalue weighted by atomic mass is 10.1. The molecule has 0 spiro atoms. The first kappa shape index (κ1) is 11.2. The van der Waals surface area contributed by atoms with Crippen LogP contribution in [-0.4, -0.2) is 10.8 Å². The van der Waals surface area contributed by atoms with Crippen molar-refractivity contribution in [3.05, 3.63) is 21.8 Å². The first-order valence-electron chi connectivity index (χ1n) is 4.40. The minimum atomic E-state index is -0.0639. The largest absolute Gasteiger partial charge is 0.383 e. The molecule has 1 rings (SSSR count). The van der Waals surface area contributed by atoms with Crippen LogP contribution in [0.25, 0.3) is 0 Å². The maximum Gasteiger partial charge on any atom is 0.163 e. The SMILES string of the molecule is CC(=O)c1cc(Br)c(C(C)C)nc1N. The van der Waals surface area contributed by atoms with Crippen molar-refractivity contribution in [1.82, 2.24) is 4.98 Å². The van der Waals surface area contributed by atoms with Crippen LogP contribution < -0.4 is 5.73 Å². The van der Waals surface area contributed by atoms with Crippen molar-refractivity contribution in [3.63, 3.8) is 0 Å². The zero-order valence-electron chi connectivity index (χ0n) is 8.47. The average Bonchev–Trinajstić information content (AvgIpc) is 2.07. The Balaban J connectivity index is 3.31. The Morgan fingerprint density at radius 2 is 2.14 bits per heavy atom. The number of carbonyl (C=O) groups excluding carboxylic acids is 1. The minimum Gasteiger partial charge on any atom is -0.383 e. The number of nitrogen functional groups attached to an aromatic ring is 1. The third kappa shape index (κ3) is 2.12. The quantitative estimate of drug-likeness (QED) is 0.829. The van der Waals surface area contributed by atoms with Crippen LogP contribution in [0.15, 0.2) is 10.5 Å². The number of hydrogen-bond acceptors (Lipinski definition) is 3. The van der Waals surface area contributed by atoms with Crippen molar-refractivity contribution < 1.29 is 4.79 Å². The zero-order valence-corrected chi connectivity index (χ0v) is 10.1. The summed E-state index contributed by atoms with van der Waals surface area (Å²) >= 11 is 3.38. The number of hydrogen-bond donors (Lipinski definition) is 1. The molecular weight excluding hydrogens is 244 g/mol. The Labute approximate surface area is 91.8 Å². The Hall–Kier alpha value is -0.900. The first-order chi connectivity index (χ1) is 6.43. The second kappa shape index (κ2) is 4.09. The van der Waals surface area contributed by atoms with E-state index >= 15 is 0 Å². The summed E-state index contributed by atoms with van der Waals surface area (Å²) in [6, 6.07) is 1.74. The standard InChI is InChI=1S/C10H13BrN2O/c1-5(2)9-8(11)4-7(6(3)14)10(12)13-9/h4-5H,1-3H3,(H2,12,13). The molecule has 0 aromatic carbocycles. The first-order valence-corrected chi connectivity index (χ1v) is 5.19. The van der Waals surface area contributed by atoms with Gasteiger partial charge in [0.05, 0.1) is 11.3 Å². The van der Waals surface area contributed by atoms with E-state index in [1.54, 1.807) is 6.07 Å². The van der Waals surface area contributed by atoms with Crippen LogP contribution in [0.2, 0.25) is 0 Å². The molecule has 0 saturated carbocycles. The second-order valence-corrected chi connectivity index (χ2v) is 4.35. The predicted molar refractivity (Wildman–Crippen MR) is 60.4 cm³/mol. The number of aromatic nitrogens is 1. The molecule has 0 unspecified atom stereocenters. The van der Waals surface area contributed by atoms with Gasteiger partial charge in [-0.25, -0.2) is 4.98 Å². The highest BCUT2D eigenvalue weighted by Crippen LogP contribution is 2.26. The van der Waals surface area contributed by atoms with Crippen molar-refractivity contribution in [3.8, 4) is 0 Å². The predicted octanol–water partition coefficient (Wildman–Crippen LogP) is 2.75. The van der Waals surface area contributed by atoms with Gasteiger partial charge in [0.1, 0.15) is 5.82 Å². The molecule has 1 heterocycles. The molecule has 3 nitrogen and oxygen atoms in total. The average molecular weight is 257 g/mol. The summed E-state index contributed by atoms with van der Waals surface area (Å²) in [4.78, 5) is 15.4. The highest BCUT2D eigenvalue weighted by molar-refractivity contribution is 9.10. The van der Waals surface area contributed by atoms with E-state index in [9.17, 15) is 4.79 Å². The molecule has 1 aromatic heterocycles. The molecular formula is C10H13BrN2O. The van der Waals surface area contributed by atoms with Gasteiger partial charge >= 0.3 is 0 Å². The van der Waals surface area contributed by atoms with E-state index < -0.39 is 0 Å². The molecule has 0 atom stereocenters. The number of halogens is 1. The Kier molecular flexibility index (Phi) is 3.26. The molecule has 0 aliphatic carbocycles. The Bertz CT molecular complexity index is 375. The van der Waals surface area contributed by atoms with Gasteiger partial charge < -0.3 is 5.73 Å². The fourth-order valence-corrected chi connectivity index (χ4v) is 1.98. The van der Waals surface area contributed by atoms with Gasteiger partial charge in [-0.05, 0) is 34.8 Å². The number of Topliss-reactive ketones (excluding diaryl/α,β-unsaturated/α-hetero) is 1. The summed E-state index contributed by atoms with van der Waals surface area (Å²) in [5.74, 6) is 0.531. The van der Waals surface area contributed by atoms with Gasteiger partial charge in [-0.2, -0.15) is 0 Å². The third-order valence-corrected chi connectivity index (χ3v) is 2.59. The van der Waals surface area contributed by atoms with Crippen molar-refractivity contribution in [1.29, 1.82) is 0 Å². The summed E-state index contributed by atoms with van der Waals surface area (Å²) in [6.45, 7) is 5.54. The molecule has 2 N–H and O–H groups in total. The molecule has 0 amide bonds. The van der Waals surface area contributed by atoms with Crippen LogP contribution in [0.5, 0.6) is 0 Å². The highest BCUT2D eigenvalue weighted by Gasteiger charge is 2.13. The van der Waals surface area contributed by atoms with Gasteiger partial charge in [0.15, 0.2) is 5.78 Å². The maximum atomic E-state index is 11.2. The highest BCUT2D eigenvalue weighted by atomic mass is 79.9. The van der Waals surface area contributed by atoms with E-state index in [-0.39, 0.29) is 11.7 Å². The number of nitrogens with zero attached hydrogens (tertiary/aromatic N) is 1. The van der Waals surface area contributed by atoms with Crippen molar-refractivity contribution in [2.24, 2.45) is 0 Å². The van der Waals surface area contributed by atoms with Crippen LogP contribution in [0.1, 0.15) is 42.7 Å². The minimum absolute atomic E-state index is 0.0639. The van der Waals surface area contributed by atoms with Crippen molar-refractivity contribution in [2.75, 3.05) is 5.73 Å². The van der Waals surface area contributed by atoms with E-state index in [0.717, 1.165) is 10.2 Å². The molecule has 0 radical (unpaired) electrons. The van der Waals surface area contributed by atoms with Gasteiger partial charge in [-0.1, -0.05) is 13.8 Å². The molecule has 0 bridgehead atoms. The third-order valence-electron chi connectivity index (χ3n) is 1.96. The van der Waals surface area contributed by atoms with E-state index in [2.05, 4.69) is 20.9 Å². The molecule has 76 valence electrons. The molecule has 1 aromatic rings. The van der Waals surface area contributed by atoms with E-state index in [1.165, 1.54) is 6.92 Å². The number of nitrogens with two attached hydrogens (primary N) is 1. The Morgan fingerprint density at radius 1 is 1.57 bits per heavy atom. The summed E-state index contributed by atoms with van der Waals surface area (Å²) in [6.07, 6.45) is 0. The van der Waals surface area contributed by atoms with Crippen LogP contribution >= 0.6 is 15.9 Å². The van der Waals surface area contributed by atoms with Crippen LogP contribution in [0.3, 0.4) is 0 Å². The van der Waals surface area contributed by atoms with Crippen LogP contribution in [0.4, 0.5) is 5.82 Å². The second-order valence-electron chi connectivity index (χ2n) is 3.50. The van der Waals surface area contributed by atoms with Gasteiger partial charge in [0.2, 0.25) is 0 Å². The normalized spacial score (nSPS) is 10.6. The summed E-state index contributed by atoms with van der Waals surface area (Å²) in [7, 11) is 0. The number of anilines is 1. The fourth-order valence-electron chi connectivity index (χ4n) is 1.20. The van der Waals surface area contributed by atoms with E-state index in [0.29, 0.717) is 11.4 Å². The lowest BCUT2D eigenvalue weighted by Crippen LogP contribution is -2.06. The number of ketones is 1. The van der Waals surface area contributed by atoms with E-state index in [1.807, 2.05) is 13.8 Å². The van der Waals surface area contributed by atoms with Crippen molar-refractivity contribution >= 4 is 27.5 Å². The van der Waals surface area contributed by atoms with Crippen molar-refractivity contribution in [2.45, 2.75) is 26.7 Å². The maximum absolute atomic E-state index is 11.2. The molecule has 14 heavy (non-hydrogen) atoms. The molecule has 4 heteroatoms. The van der Waals surface area contributed by atoms with Crippen LogP contribution in [0, 0.1) is 0 Å². The molecule has 0 aliphatic rings. The molecule has 0 saturated heterocycles. The van der Waals surface area contributed by atoms with Gasteiger partial charge in [0.25, 0.3) is 0 Å². The molecule has 0 fully saturated rings.